The van der Waals surface area contributed by atoms with Crippen molar-refractivity contribution in [2.45, 2.75) is 134 Å². The van der Waals surface area contributed by atoms with Gasteiger partial charge < -0.3 is 15.4 Å². The van der Waals surface area contributed by atoms with E-state index in [9.17, 15) is 18.0 Å². The summed E-state index contributed by atoms with van der Waals surface area (Å²) in [6.45, 7) is 17.1. The SMILES string of the molecule is CCCCCCCSC1C(=O)N(c2c(Cl)cc(NC(=O)C(CC)Oc3cc(C(C)(C)CC)ccc3C(C)(C)CC)cc2Cl)N=C1Nc1ccc(S(=O)(=O)N(C)C)cc1Cl. The van der Waals surface area contributed by atoms with Gasteiger partial charge in [0.2, 0.25) is 10.0 Å². The molecule has 0 aliphatic carbocycles. The predicted molar refractivity (Wildman–Crippen MR) is 249 cm³/mol. The molecule has 0 saturated carbocycles. The van der Waals surface area contributed by atoms with E-state index in [0.29, 0.717) is 35.1 Å². The van der Waals surface area contributed by atoms with E-state index in [2.05, 4.69) is 82.4 Å². The van der Waals surface area contributed by atoms with Crippen LogP contribution in [0, 0.1) is 0 Å². The molecule has 1 aliphatic rings. The molecule has 2 atom stereocenters. The summed E-state index contributed by atoms with van der Waals surface area (Å²) in [5.74, 6) is 0.944. The summed E-state index contributed by atoms with van der Waals surface area (Å²) >= 11 is 21.8. The molecule has 0 spiro atoms. The lowest BCUT2D eigenvalue weighted by atomic mass is 9.77. The molecule has 3 aromatic rings. The molecule has 10 nitrogen and oxygen atoms in total. The molecule has 59 heavy (non-hydrogen) atoms. The second kappa shape index (κ2) is 20.7. The molecule has 4 rings (SSSR count). The Hall–Kier alpha value is -3.00. The van der Waals surface area contributed by atoms with E-state index in [1.807, 2.05) is 6.92 Å². The van der Waals surface area contributed by atoms with Crippen molar-refractivity contribution in [1.82, 2.24) is 4.31 Å². The molecule has 3 aromatic carbocycles. The molecular formula is C44H60Cl3N5O5S2. The lowest BCUT2D eigenvalue weighted by Crippen LogP contribution is -2.34. The molecule has 0 saturated heterocycles. The van der Waals surface area contributed by atoms with E-state index in [-0.39, 0.29) is 48.3 Å². The Morgan fingerprint density at radius 3 is 2.12 bits per heavy atom. The number of hydrazone groups is 1. The van der Waals surface area contributed by atoms with Crippen LogP contribution in [0.25, 0.3) is 0 Å². The first-order chi connectivity index (χ1) is 27.7. The van der Waals surface area contributed by atoms with Crippen LogP contribution in [0.5, 0.6) is 5.75 Å². The van der Waals surface area contributed by atoms with Crippen molar-refractivity contribution >= 4 is 91.3 Å². The second-order valence-electron chi connectivity index (χ2n) is 16.3. The third kappa shape index (κ3) is 11.7. The largest absolute Gasteiger partial charge is 0.480 e. The average Bonchev–Trinajstić information content (AvgIpc) is 3.48. The molecule has 15 heteroatoms. The van der Waals surface area contributed by atoms with Crippen LogP contribution in [0.4, 0.5) is 17.1 Å². The molecule has 1 heterocycles. The molecule has 0 radical (unpaired) electrons. The number of rotatable bonds is 20. The van der Waals surface area contributed by atoms with E-state index < -0.39 is 21.4 Å². The van der Waals surface area contributed by atoms with E-state index in [4.69, 9.17) is 39.5 Å². The minimum absolute atomic E-state index is 0.0279. The van der Waals surface area contributed by atoms with Crippen LogP contribution >= 0.6 is 46.6 Å². The summed E-state index contributed by atoms with van der Waals surface area (Å²) in [4.78, 5) is 28.0. The number of nitrogens with one attached hydrogen (secondary N) is 2. The average molecular weight is 909 g/mol. The summed E-state index contributed by atoms with van der Waals surface area (Å²) in [6.07, 6.45) is 6.75. The Morgan fingerprint density at radius 2 is 1.54 bits per heavy atom. The topological polar surface area (TPSA) is 120 Å². The van der Waals surface area contributed by atoms with Crippen LogP contribution in [-0.4, -0.2) is 61.6 Å². The minimum Gasteiger partial charge on any atom is -0.480 e. The van der Waals surface area contributed by atoms with Gasteiger partial charge >= 0.3 is 0 Å². The maximum Gasteiger partial charge on any atom is 0.268 e. The van der Waals surface area contributed by atoms with Crippen molar-refractivity contribution < 1.29 is 22.7 Å². The maximum absolute atomic E-state index is 14.1. The summed E-state index contributed by atoms with van der Waals surface area (Å²) in [5, 5.41) is 11.5. The normalized spacial score (nSPS) is 15.4. The highest BCUT2D eigenvalue weighted by atomic mass is 35.5. The zero-order chi connectivity index (χ0) is 43.9. The van der Waals surface area contributed by atoms with Gasteiger partial charge in [0.15, 0.2) is 11.9 Å². The van der Waals surface area contributed by atoms with Gasteiger partial charge in [0.1, 0.15) is 16.7 Å². The summed E-state index contributed by atoms with van der Waals surface area (Å²) < 4.78 is 33.1. The molecule has 0 aromatic heterocycles. The van der Waals surface area contributed by atoms with Crippen LogP contribution in [0.2, 0.25) is 15.1 Å². The molecule has 1 aliphatic heterocycles. The van der Waals surface area contributed by atoms with Crippen molar-refractivity contribution in [3.05, 3.63) is 74.7 Å². The fourth-order valence-electron chi connectivity index (χ4n) is 6.38. The van der Waals surface area contributed by atoms with E-state index in [0.717, 1.165) is 60.4 Å². The maximum atomic E-state index is 14.1. The number of carbonyl (C=O) groups is 2. The molecule has 0 fully saturated rings. The van der Waals surface area contributed by atoms with Gasteiger partial charge in [-0.05, 0) is 89.8 Å². The van der Waals surface area contributed by atoms with Gasteiger partial charge in [-0.2, -0.15) is 5.01 Å². The Balaban J connectivity index is 1.62. The fourth-order valence-corrected chi connectivity index (χ4v) is 9.37. The van der Waals surface area contributed by atoms with E-state index >= 15 is 0 Å². The van der Waals surface area contributed by atoms with Crippen LogP contribution in [0.15, 0.2) is 58.5 Å². The van der Waals surface area contributed by atoms with Crippen LogP contribution in [0.1, 0.15) is 118 Å². The number of ether oxygens (including phenoxy) is 1. The smallest absolute Gasteiger partial charge is 0.268 e. The number of benzene rings is 3. The van der Waals surface area contributed by atoms with Crippen LogP contribution < -0.4 is 20.4 Å². The van der Waals surface area contributed by atoms with Crippen molar-refractivity contribution in [3.63, 3.8) is 0 Å². The first-order valence-electron chi connectivity index (χ1n) is 20.4. The van der Waals surface area contributed by atoms with E-state index in [1.165, 1.54) is 55.1 Å². The number of unbranched alkanes of at least 4 members (excludes halogenated alkanes) is 4. The summed E-state index contributed by atoms with van der Waals surface area (Å²) in [5.41, 5.74) is 2.78. The van der Waals surface area contributed by atoms with Gasteiger partial charge in [-0.1, -0.05) is 128 Å². The summed E-state index contributed by atoms with van der Waals surface area (Å²) in [6, 6.07) is 13.8. The zero-order valence-electron chi connectivity index (χ0n) is 36.0. The Bertz CT molecular complexity index is 2100. The van der Waals surface area contributed by atoms with Gasteiger partial charge in [-0.25, -0.2) is 12.7 Å². The number of nitrogens with zero attached hydrogens (tertiary/aromatic N) is 3. The molecule has 2 amide bonds. The number of anilines is 3. The molecule has 2 N–H and O–H groups in total. The highest BCUT2D eigenvalue weighted by Gasteiger charge is 2.40. The number of hydrogen-bond donors (Lipinski definition) is 2. The van der Waals surface area contributed by atoms with Crippen LogP contribution in [-0.2, 0) is 30.4 Å². The number of sulfonamides is 1. The van der Waals surface area contributed by atoms with E-state index in [1.54, 1.807) is 6.07 Å². The number of amides is 2. The highest BCUT2D eigenvalue weighted by Crippen LogP contribution is 2.42. The Labute approximate surface area is 371 Å². The summed E-state index contributed by atoms with van der Waals surface area (Å²) in [7, 11) is -0.840. The lowest BCUT2D eigenvalue weighted by molar-refractivity contribution is -0.123. The predicted octanol–water partition coefficient (Wildman–Crippen LogP) is 11.9. The van der Waals surface area contributed by atoms with Crippen molar-refractivity contribution in [2.75, 3.05) is 35.5 Å². The minimum atomic E-state index is -3.73. The number of hydrogen-bond acceptors (Lipinski definition) is 8. The number of halogens is 3. The highest BCUT2D eigenvalue weighted by molar-refractivity contribution is 8.01. The van der Waals surface area contributed by atoms with Gasteiger partial charge in [0.25, 0.3) is 11.8 Å². The third-order valence-corrected chi connectivity index (χ3v) is 15.1. The fraction of sp³-hybridized carbons (Fsp3) is 0.523. The molecule has 0 bridgehead atoms. The first kappa shape index (κ1) is 48.7. The monoisotopic (exact) mass is 907 g/mol. The number of thioether (sulfide) groups is 1. The van der Waals surface area contributed by atoms with Gasteiger partial charge in [0, 0.05) is 19.8 Å². The zero-order valence-corrected chi connectivity index (χ0v) is 39.9. The Kier molecular flexibility index (Phi) is 17.1. The van der Waals surface area contributed by atoms with Gasteiger partial charge in [-0.15, -0.1) is 16.9 Å². The molecule has 324 valence electrons. The first-order valence-corrected chi connectivity index (χ1v) is 24.0. The quantitative estimate of drug-likeness (QED) is 0.108. The lowest BCUT2D eigenvalue weighted by Gasteiger charge is -2.31. The standard InChI is InChI=1S/C44H60Cl3N5O5S2/c1-11-15-16-17-18-23-58-39-40(49-35-22-20-30(27-32(35)45)59(55,56)51(9)10)50-52(42(39)54)38-33(46)25-29(26-34(38)47)48-41(53)36(12-2)57-37-24-28(43(5,6)13-3)19-21-31(37)44(7,8)14-4/h19-22,24-27,36,39H,11-18,23H2,1-10H3,(H,48,53)(H,49,50). The third-order valence-electron chi connectivity index (χ3n) is 11.1. The second-order valence-corrected chi connectivity index (χ2v) is 20.9. The van der Waals surface area contributed by atoms with Crippen LogP contribution in [0.3, 0.4) is 0 Å². The molecular weight excluding hydrogens is 849 g/mol. The molecule has 2 unspecified atom stereocenters. The van der Waals surface area contributed by atoms with Gasteiger partial charge in [0.05, 0.1) is 25.7 Å². The van der Waals surface area contributed by atoms with Crippen molar-refractivity contribution in [3.8, 4) is 5.75 Å². The number of amidine groups is 1. The van der Waals surface area contributed by atoms with Crippen molar-refractivity contribution in [1.29, 1.82) is 0 Å². The Morgan fingerprint density at radius 1 is 0.898 bits per heavy atom. The van der Waals surface area contributed by atoms with Gasteiger partial charge in [-0.3, -0.25) is 9.59 Å². The van der Waals surface area contributed by atoms with Crippen molar-refractivity contribution in [2.24, 2.45) is 5.10 Å². The number of carbonyl (C=O) groups excluding carboxylic acids is 2.